The van der Waals surface area contributed by atoms with E-state index in [4.69, 9.17) is 5.73 Å². The lowest BCUT2D eigenvalue weighted by Crippen LogP contribution is -2.27. The Morgan fingerprint density at radius 1 is 1.33 bits per heavy atom. The fourth-order valence-corrected chi connectivity index (χ4v) is 3.63. The van der Waals surface area contributed by atoms with Gasteiger partial charge in [0, 0.05) is 16.1 Å². The van der Waals surface area contributed by atoms with Crippen molar-refractivity contribution in [1.29, 1.82) is 0 Å². The summed E-state index contributed by atoms with van der Waals surface area (Å²) in [6, 6.07) is 4.90. The third-order valence-electron chi connectivity index (χ3n) is 4.31. The Morgan fingerprint density at radius 3 is 2.56 bits per heavy atom. The summed E-state index contributed by atoms with van der Waals surface area (Å²) in [6.07, 6.45) is 5.98. The van der Waals surface area contributed by atoms with Crippen LogP contribution in [0.1, 0.15) is 50.6 Å². The minimum atomic E-state index is -0.186. The molecule has 0 bridgehead atoms. The average molecular weight is 314 g/mol. The summed E-state index contributed by atoms with van der Waals surface area (Å²) >= 11 is 3.42. The van der Waals surface area contributed by atoms with E-state index in [9.17, 15) is 4.39 Å². The number of benzene rings is 1. The van der Waals surface area contributed by atoms with Crippen LogP contribution in [0.4, 0.5) is 4.39 Å². The number of halogens is 2. The van der Waals surface area contributed by atoms with Crippen LogP contribution in [0.2, 0.25) is 0 Å². The Kier molecular flexibility index (Phi) is 4.79. The van der Waals surface area contributed by atoms with Gasteiger partial charge in [-0.1, -0.05) is 48.2 Å². The number of nitrogens with two attached hydrogens (primary N) is 1. The quantitative estimate of drug-likeness (QED) is 0.852. The molecule has 0 saturated heterocycles. The van der Waals surface area contributed by atoms with Crippen molar-refractivity contribution >= 4 is 15.9 Å². The normalized spacial score (nSPS) is 26.0. The molecule has 18 heavy (non-hydrogen) atoms. The highest BCUT2D eigenvalue weighted by Crippen LogP contribution is 2.39. The van der Waals surface area contributed by atoms with E-state index in [1.807, 2.05) is 6.07 Å². The van der Waals surface area contributed by atoms with Crippen molar-refractivity contribution in [1.82, 2.24) is 0 Å². The molecule has 0 amide bonds. The molecule has 1 aliphatic carbocycles. The summed E-state index contributed by atoms with van der Waals surface area (Å²) in [5.74, 6) is 1.08. The fourth-order valence-electron chi connectivity index (χ4n) is 3.02. The maximum Gasteiger partial charge on any atom is 0.129 e. The molecular weight excluding hydrogens is 293 g/mol. The van der Waals surface area contributed by atoms with E-state index in [1.165, 1.54) is 25.3 Å². The van der Waals surface area contributed by atoms with Crippen LogP contribution in [0, 0.1) is 17.7 Å². The number of rotatable bonds is 3. The van der Waals surface area contributed by atoms with Crippen molar-refractivity contribution in [3.8, 4) is 0 Å². The zero-order valence-corrected chi connectivity index (χ0v) is 12.4. The molecule has 1 atom stereocenters. The molecule has 1 aliphatic rings. The van der Waals surface area contributed by atoms with Crippen LogP contribution in [0.5, 0.6) is 0 Å². The van der Waals surface area contributed by atoms with E-state index in [-0.39, 0.29) is 11.9 Å². The molecule has 1 nitrogen and oxygen atoms in total. The Bertz CT molecular complexity index is 379. The zero-order chi connectivity index (χ0) is 13.1. The van der Waals surface area contributed by atoms with Crippen LogP contribution >= 0.6 is 15.9 Å². The smallest absolute Gasteiger partial charge is 0.129 e. The molecule has 0 radical (unpaired) electrons. The number of hydrogen-bond acceptors (Lipinski definition) is 1. The van der Waals surface area contributed by atoms with Crippen molar-refractivity contribution in [2.24, 2.45) is 17.6 Å². The van der Waals surface area contributed by atoms with Crippen molar-refractivity contribution in [3.05, 3.63) is 34.1 Å². The van der Waals surface area contributed by atoms with Gasteiger partial charge < -0.3 is 5.73 Å². The molecule has 0 aliphatic heterocycles. The van der Waals surface area contributed by atoms with Crippen LogP contribution in [-0.2, 0) is 0 Å². The lowest BCUT2D eigenvalue weighted by atomic mass is 9.76. The van der Waals surface area contributed by atoms with Gasteiger partial charge in [0.05, 0.1) is 0 Å². The highest BCUT2D eigenvalue weighted by atomic mass is 79.9. The fraction of sp³-hybridized carbons (Fsp3) is 0.600. The second-order valence-electron chi connectivity index (χ2n) is 5.35. The van der Waals surface area contributed by atoms with Crippen molar-refractivity contribution in [3.63, 3.8) is 0 Å². The molecule has 3 heteroatoms. The van der Waals surface area contributed by atoms with Crippen LogP contribution in [0.15, 0.2) is 22.7 Å². The second-order valence-corrected chi connectivity index (χ2v) is 6.20. The van der Waals surface area contributed by atoms with E-state index < -0.39 is 0 Å². The summed E-state index contributed by atoms with van der Waals surface area (Å²) in [7, 11) is 0. The Morgan fingerprint density at radius 2 is 2.00 bits per heavy atom. The lowest BCUT2D eigenvalue weighted by molar-refractivity contribution is 0.237. The maximum absolute atomic E-state index is 13.9. The van der Waals surface area contributed by atoms with Gasteiger partial charge in [-0.25, -0.2) is 4.39 Å². The van der Waals surface area contributed by atoms with E-state index in [1.54, 1.807) is 6.07 Å². The Labute approximate surface area is 117 Å². The summed E-state index contributed by atoms with van der Waals surface area (Å²) in [6.45, 7) is 2.25. The van der Waals surface area contributed by atoms with Gasteiger partial charge in [0.2, 0.25) is 0 Å². The molecule has 2 N–H and O–H groups in total. The van der Waals surface area contributed by atoms with Crippen LogP contribution < -0.4 is 5.73 Å². The first-order valence-electron chi connectivity index (χ1n) is 6.83. The summed E-state index contributed by atoms with van der Waals surface area (Å²) in [5, 5.41) is 0. The van der Waals surface area contributed by atoms with Crippen molar-refractivity contribution in [2.45, 2.75) is 45.1 Å². The first kappa shape index (κ1) is 14.0. The Hall–Kier alpha value is -0.410. The van der Waals surface area contributed by atoms with Gasteiger partial charge in [-0.2, -0.15) is 0 Å². The third kappa shape index (κ3) is 2.94. The second kappa shape index (κ2) is 6.16. The largest absolute Gasteiger partial charge is 0.324 e. The summed E-state index contributed by atoms with van der Waals surface area (Å²) in [4.78, 5) is 0. The SMILES string of the molecule is CCC1CCC(C(N)c2c(F)cccc2Br)CC1. The summed E-state index contributed by atoms with van der Waals surface area (Å²) < 4.78 is 14.7. The average Bonchev–Trinajstić information content (AvgIpc) is 2.38. The van der Waals surface area contributed by atoms with Gasteiger partial charge in [-0.3, -0.25) is 0 Å². The standard InChI is InChI=1S/C15H21BrFN/c1-2-10-6-8-11(9-7-10)15(18)14-12(16)4-3-5-13(14)17/h3-5,10-11,15H,2,6-9,18H2,1H3. The predicted molar refractivity (Wildman–Crippen MR) is 76.8 cm³/mol. The van der Waals surface area contributed by atoms with E-state index in [2.05, 4.69) is 22.9 Å². The van der Waals surface area contributed by atoms with Crippen LogP contribution in [0.3, 0.4) is 0 Å². The first-order chi connectivity index (χ1) is 8.63. The van der Waals surface area contributed by atoms with Gasteiger partial charge in [0.1, 0.15) is 5.82 Å². The highest BCUT2D eigenvalue weighted by Gasteiger charge is 2.28. The summed E-state index contributed by atoms with van der Waals surface area (Å²) in [5.41, 5.74) is 6.94. The molecule has 1 aromatic rings. The van der Waals surface area contributed by atoms with E-state index >= 15 is 0 Å². The molecule has 2 rings (SSSR count). The molecule has 0 spiro atoms. The van der Waals surface area contributed by atoms with Crippen molar-refractivity contribution < 1.29 is 4.39 Å². The number of hydrogen-bond donors (Lipinski definition) is 1. The molecule has 1 saturated carbocycles. The molecule has 0 aromatic heterocycles. The minimum Gasteiger partial charge on any atom is -0.324 e. The van der Waals surface area contributed by atoms with Gasteiger partial charge in [-0.05, 0) is 36.8 Å². The van der Waals surface area contributed by atoms with Gasteiger partial charge in [-0.15, -0.1) is 0 Å². The minimum absolute atomic E-state index is 0.182. The molecule has 1 unspecified atom stereocenters. The molecular formula is C15H21BrFN. The molecule has 100 valence electrons. The maximum atomic E-state index is 13.9. The van der Waals surface area contributed by atoms with Crippen molar-refractivity contribution in [2.75, 3.05) is 0 Å². The monoisotopic (exact) mass is 313 g/mol. The van der Waals surface area contributed by atoms with Gasteiger partial charge >= 0.3 is 0 Å². The molecule has 0 heterocycles. The third-order valence-corrected chi connectivity index (χ3v) is 5.00. The van der Waals surface area contributed by atoms with Gasteiger partial charge in [0.25, 0.3) is 0 Å². The lowest BCUT2D eigenvalue weighted by Gasteiger charge is -2.32. The molecule has 1 aromatic carbocycles. The Balaban J connectivity index is 2.10. The molecule has 1 fully saturated rings. The zero-order valence-electron chi connectivity index (χ0n) is 10.8. The highest BCUT2D eigenvalue weighted by molar-refractivity contribution is 9.10. The first-order valence-corrected chi connectivity index (χ1v) is 7.62. The van der Waals surface area contributed by atoms with Crippen LogP contribution in [0.25, 0.3) is 0 Å². The predicted octanol–water partition coefficient (Wildman–Crippen LogP) is 4.80. The topological polar surface area (TPSA) is 26.0 Å². The van der Waals surface area contributed by atoms with Crippen LogP contribution in [-0.4, -0.2) is 0 Å². The van der Waals surface area contributed by atoms with Gasteiger partial charge in [0.15, 0.2) is 0 Å². The van der Waals surface area contributed by atoms with E-state index in [0.717, 1.165) is 23.2 Å². The van der Waals surface area contributed by atoms with E-state index in [0.29, 0.717) is 11.5 Å².